The van der Waals surface area contributed by atoms with Crippen LogP contribution in [0.4, 0.5) is 49.6 Å². The summed E-state index contributed by atoms with van der Waals surface area (Å²) in [4.78, 5) is 2.32. The molecule has 1 N–H and O–H groups in total. The van der Waals surface area contributed by atoms with Crippen LogP contribution in [-0.4, -0.2) is 24.4 Å². The maximum absolute atomic E-state index is 13.6. The highest BCUT2D eigenvalue weighted by Gasteiger charge is 2.63. The first kappa shape index (κ1) is 21.8. The van der Waals surface area contributed by atoms with Crippen molar-refractivity contribution in [2.24, 2.45) is 0 Å². The maximum Gasteiger partial charge on any atom is 0.459 e. The highest BCUT2D eigenvalue weighted by molar-refractivity contribution is 5.67. The first-order chi connectivity index (χ1) is 12.6. The summed E-state index contributed by atoms with van der Waals surface area (Å²) < 4.78 is 130. The minimum absolute atomic E-state index is 0.123. The average Bonchev–Trinajstić information content (AvgIpc) is 2.59. The minimum Gasteiger partial charge on any atom is -0.388 e. The average molecular weight is 420 g/mol. The first-order valence-corrected chi connectivity index (χ1v) is 7.31. The van der Waals surface area contributed by atoms with E-state index in [1.54, 1.807) is 0 Å². The van der Waals surface area contributed by atoms with Crippen LogP contribution in [-0.2, 0) is 11.8 Å². The summed E-state index contributed by atoms with van der Waals surface area (Å²) >= 11 is 0. The van der Waals surface area contributed by atoms with Gasteiger partial charge in [0.25, 0.3) is 0 Å². The number of anilines is 1. The fourth-order valence-electron chi connectivity index (χ4n) is 2.14. The van der Waals surface area contributed by atoms with Gasteiger partial charge < -0.3 is 5.32 Å². The Balaban J connectivity index is 2.75. The van der Waals surface area contributed by atoms with Crippen molar-refractivity contribution in [3.63, 3.8) is 0 Å². The molecule has 28 heavy (non-hydrogen) atoms. The van der Waals surface area contributed by atoms with Crippen LogP contribution in [0.2, 0.25) is 0 Å². The molecule has 0 atom stereocenters. The van der Waals surface area contributed by atoms with Gasteiger partial charge in [0.2, 0.25) is 0 Å². The summed E-state index contributed by atoms with van der Waals surface area (Å²) in [5.74, 6) is -11.5. The monoisotopic (exact) mass is 420 g/mol. The van der Waals surface area contributed by atoms with E-state index in [9.17, 15) is 43.9 Å². The number of halogens is 10. The molecule has 2 aromatic rings. The van der Waals surface area contributed by atoms with Crippen LogP contribution in [0.15, 0.2) is 36.4 Å². The van der Waals surface area contributed by atoms with Crippen molar-refractivity contribution in [1.29, 1.82) is 0 Å². The van der Waals surface area contributed by atoms with Crippen LogP contribution in [0.5, 0.6) is 0 Å². The minimum atomic E-state index is -6.25. The molecular formula is C16H10F10N2. The molecule has 0 aliphatic rings. The fraction of sp³-hybridized carbons (Fsp3) is 0.312. The summed E-state index contributed by atoms with van der Waals surface area (Å²) in [6.45, 7) is 0. The topological polar surface area (TPSA) is 24.9 Å². The van der Waals surface area contributed by atoms with Crippen molar-refractivity contribution in [3.8, 4) is 11.1 Å². The number of nitrogens with one attached hydrogen (secondary N) is 1. The third kappa shape index (κ3) is 3.85. The third-order valence-electron chi connectivity index (χ3n) is 3.69. The number of hydrogen-bond acceptors (Lipinski definition) is 2. The zero-order chi connectivity index (χ0) is 21.5. The lowest BCUT2D eigenvalue weighted by molar-refractivity contribution is -0.295. The number of rotatable bonds is 4. The molecular weight excluding hydrogens is 410 g/mol. The normalized spacial score (nSPS) is 13.5. The van der Waals surface area contributed by atoms with E-state index in [4.69, 9.17) is 0 Å². The Morgan fingerprint density at radius 3 is 1.36 bits per heavy atom. The van der Waals surface area contributed by atoms with Gasteiger partial charge in [-0.1, -0.05) is 12.1 Å². The molecule has 0 saturated carbocycles. The molecule has 12 heteroatoms. The van der Waals surface area contributed by atoms with Gasteiger partial charge in [-0.2, -0.15) is 43.9 Å². The lowest BCUT2D eigenvalue weighted by Gasteiger charge is -2.24. The zero-order valence-corrected chi connectivity index (χ0v) is 13.7. The second-order valence-electron chi connectivity index (χ2n) is 5.60. The van der Waals surface area contributed by atoms with Gasteiger partial charge in [0.1, 0.15) is 11.4 Å². The Kier molecular flexibility index (Phi) is 5.30. The maximum atomic E-state index is 13.6. The highest BCUT2D eigenvalue weighted by Crippen LogP contribution is 2.47. The van der Waals surface area contributed by atoms with Crippen molar-refractivity contribution in [1.82, 2.24) is 4.98 Å². The van der Waals surface area contributed by atoms with Crippen molar-refractivity contribution in [3.05, 3.63) is 47.8 Å². The van der Waals surface area contributed by atoms with Crippen LogP contribution >= 0.6 is 0 Å². The fourth-order valence-corrected chi connectivity index (χ4v) is 2.14. The van der Waals surface area contributed by atoms with Gasteiger partial charge >= 0.3 is 24.2 Å². The Bertz CT molecular complexity index is 794. The van der Waals surface area contributed by atoms with E-state index in [1.807, 2.05) is 0 Å². The molecule has 0 amide bonds. The number of hydrogen-bond donors (Lipinski definition) is 1. The second kappa shape index (κ2) is 6.82. The SMILES string of the molecule is CNc1ccc(-c2cc(C(F)(F)C(F)(F)F)nc(C(F)(F)C(F)(F)F)c2)cc1. The van der Waals surface area contributed by atoms with Gasteiger partial charge in [-0.25, -0.2) is 4.98 Å². The molecule has 2 nitrogen and oxygen atoms in total. The Morgan fingerprint density at radius 2 is 1.04 bits per heavy atom. The lowest BCUT2D eigenvalue weighted by Crippen LogP contribution is -2.38. The molecule has 0 spiro atoms. The summed E-state index contributed by atoms with van der Waals surface area (Å²) in [6.07, 6.45) is -12.5. The molecule has 0 bridgehead atoms. The summed E-state index contributed by atoms with van der Waals surface area (Å²) in [7, 11) is 1.51. The number of aromatic nitrogens is 1. The largest absolute Gasteiger partial charge is 0.459 e. The van der Waals surface area contributed by atoms with Gasteiger partial charge in [0.05, 0.1) is 0 Å². The van der Waals surface area contributed by atoms with Crippen molar-refractivity contribution < 1.29 is 43.9 Å². The van der Waals surface area contributed by atoms with Crippen LogP contribution in [0.1, 0.15) is 11.4 Å². The molecule has 0 unspecified atom stereocenters. The number of alkyl halides is 10. The molecule has 1 aromatic heterocycles. The first-order valence-electron chi connectivity index (χ1n) is 7.31. The summed E-state index contributed by atoms with van der Waals surface area (Å²) in [5, 5.41) is 2.67. The van der Waals surface area contributed by atoms with Gasteiger partial charge in [-0.3, -0.25) is 0 Å². The molecule has 0 fully saturated rings. The van der Waals surface area contributed by atoms with Crippen molar-refractivity contribution in [2.75, 3.05) is 12.4 Å². The zero-order valence-electron chi connectivity index (χ0n) is 13.7. The summed E-state index contributed by atoms with van der Waals surface area (Å²) in [5.41, 5.74) is -4.95. The standard InChI is InChI=1S/C16H10F10N2/c1-27-10-4-2-8(3-5-10)9-6-11(13(17,18)15(21,22)23)28-12(7-9)14(19,20)16(24,25)26/h2-7,27H,1H3. The Morgan fingerprint density at radius 1 is 0.643 bits per heavy atom. The quantitative estimate of drug-likeness (QED) is 0.605. The predicted octanol–water partition coefficient (Wildman–Crippen LogP) is 6.10. The van der Waals surface area contributed by atoms with E-state index in [2.05, 4.69) is 10.3 Å². The number of nitrogens with zero attached hydrogens (tertiary/aromatic N) is 1. The van der Waals surface area contributed by atoms with Gasteiger partial charge in [0.15, 0.2) is 0 Å². The van der Waals surface area contributed by atoms with E-state index in [0.29, 0.717) is 5.69 Å². The van der Waals surface area contributed by atoms with Gasteiger partial charge in [-0.15, -0.1) is 0 Å². The third-order valence-corrected chi connectivity index (χ3v) is 3.69. The summed E-state index contributed by atoms with van der Waals surface area (Å²) in [6, 6.07) is 5.17. The number of benzene rings is 1. The van der Waals surface area contributed by atoms with Crippen LogP contribution in [0.25, 0.3) is 11.1 Å². The van der Waals surface area contributed by atoms with Gasteiger partial charge in [0, 0.05) is 12.7 Å². The van der Waals surface area contributed by atoms with E-state index in [-0.39, 0.29) is 17.7 Å². The van der Waals surface area contributed by atoms with Crippen LogP contribution < -0.4 is 5.32 Å². The van der Waals surface area contributed by atoms with E-state index < -0.39 is 41.1 Å². The van der Waals surface area contributed by atoms with E-state index >= 15 is 0 Å². The molecule has 154 valence electrons. The molecule has 0 aliphatic carbocycles. The second-order valence-corrected chi connectivity index (χ2v) is 5.60. The molecule has 1 aromatic carbocycles. The smallest absolute Gasteiger partial charge is 0.388 e. The highest BCUT2D eigenvalue weighted by atomic mass is 19.4. The van der Waals surface area contributed by atoms with Gasteiger partial charge in [-0.05, 0) is 35.4 Å². The Labute approximate surface area is 151 Å². The molecule has 0 saturated heterocycles. The number of pyridine rings is 1. The lowest BCUT2D eigenvalue weighted by atomic mass is 10.0. The molecule has 1 heterocycles. The van der Waals surface area contributed by atoms with E-state index in [0.717, 1.165) is 12.1 Å². The van der Waals surface area contributed by atoms with Crippen LogP contribution in [0, 0.1) is 0 Å². The van der Waals surface area contributed by atoms with Crippen LogP contribution in [0.3, 0.4) is 0 Å². The molecule has 0 aliphatic heterocycles. The molecule has 0 radical (unpaired) electrons. The van der Waals surface area contributed by atoms with Crippen molar-refractivity contribution >= 4 is 5.69 Å². The predicted molar refractivity (Wildman–Crippen MR) is 79.1 cm³/mol. The Hall–Kier alpha value is -2.53. The van der Waals surface area contributed by atoms with E-state index in [1.165, 1.54) is 19.2 Å². The van der Waals surface area contributed by atoms with Crippen molar-refractivity contribution in [2.45, 2.75) is 24.2 Å². The molecule has 2 rings (SSSR count).